The maximum Gasteiger partial charge on any atom is 0.251 e. The summed E-state index contributed by atoms with van der Waals surface area (Å²) in [5.41, 5.74) is 13.7. The van der Waals surface area contributed by atoms with Crippen LogP contribution < -0.4 is 16.0 Å². The van der Waals surface area contributed by atoms with Gasteiger partial charge in [-0.05, 0) is 64.9 Å². The summed E-state index contributed by atoms with van der Waals surface area (Å²) in [5.74, 6) is -0.0834. The Morgan fingerprint density at radius 2 is 1.50 bits per heavy atom. The zero-order valence-electron chi connectivity index (χ0n) is 19.9. The van der Waals surface area contributed by atoms with Crippen LogP contribution in [0.5, 0.6) is 0 Å². The van der Waals surface area contributed by atoms with E-state index in [1.165, 1.54) is 16.8 Å². The molecule has 4 aliphatic rings. The highest BCUT2D eigenvalue weighted by atomic mass is 16.5. The molecule has 4 heterocycles. The Hall–Kier alpha value is -3.68. The lowest BCUT2D eigenvalue weighted by molar-refractivity contribution is 0.0305. The highest BCUT2D eigenvalue weighted by Crippen LogP contribution is 2.55. The maximum absolute atomic E-state index is 12.9. The minimum Gasteiger partial charge on any atom is -0.384 e. The molecular formula is C29H28N4O3. The molecular weight excluding hydrogens is 452 g/mol. The van der Waals surface area contributed by atoms with Crippen molar-refractivity contribution >= 4 is 17.4 Å². The van der Waals surface area contributed by atoms with Crippen molar-refractivity contribution in [2.24, 2.45) is 5.73 Å². The molecule has 3 aromatic rings. The number of morpholine rings is 1. The van der Waals surface area contributed by atoms with Gasteiger partial charge in [-0.3, -0.25) is 10.2 Å². The van der Waals surface area contributed by atoms with Crippen LogP contribution in [0.1, 0.15) is 68.8 Å². The number of carbonyl (C=O) groups excluding carboxylic acids is 1. The Bertz CT molecular complexity index is 1370. The number of hydrogen-bond donors (Lipinski definition) is 3. The Balaban J connectivity index is 1.09. The van der Waals surface area contributed by atoms with Gasteiger partial charge in [-0.25, -0.2) is 0 Å². The lowest BCUT2D eigenvalue weighted by Crippen LogP contribution is -2.42. The van der Waals surface area contributed by atoms with Crippen molar-refractivity contribution in [1.82, 2.24) is 5.32 Å². The molecule has 4 atom stereocenters. The average molecular weight is 481 g/mol. The van der Waals surface area contributed by atoms with Gasteiger partial charge in [-0.2, -0.15) is 0 Å². The van der Waals surface area contributed by atoms with E-state index >= 15 is 0 Å². The molecule has 36 heavy (non-hydrogen) atoms. The van der Waals surface area contributed by atoms with Gasteiger partial charge in [0.15, 0.2) is 0 Å². The van der Waals surface area contributed by atoms with Crippen LogP contribution in [-0.4, -0.2) is 37.0 Å². The first-order valence-electron chi connectivity index (χ1n) is 12.6. The summed E-state index contributed by atoms with van der Waals surface area (Å²) in [7, 11) is 0. The molecule has 0 saturated carbocycles. The molecule has 2 saturated heterocycles. The fraction of sp³-hybridized carbons (Fsp3) is 0.310. The Morgan fingerprint density at radius 3 is 2.22 bits per heavy atom. The lowest BCUT2D eigenvalue weighted by atomic mass is 9.85. The van der Waals surface area contributed by atoms with Crippen molar-refractivity contribution in [3.63, 3.8) is 0 Å². The molecule has 0 aromatic heterocycles. The molecule has 0 spiro atoms. The second kappa shape index (κ2) is 8.18. The van der Waals surface area contributed by atoms with Crippen LogP contribution in [0.15, 0.2) is 60.7 Å². The third kappa shape index (κ3) is 3.50. The molecule has 182 valence electrons. The van der Waals surface area contributed by atoms with Gasteiger partial charge in [-0.1, -0.05) is 36.4 Å². The first-order valence-corrected chi connectivity index (χ1v) is 12.6. The van der Waals surface area contributed by atoms with E-state index in [1.807, 2.05) is 30.3 Å². The van der Waals surface area contributed by atoms with Crippen LogP contribution in [-0.2, 0) is 16.0 Å². The zero-order valence-corrected chi connectivity index (χ0v) is 19.9. The van der Waals surface area contributed by atoms with Gasteiger partial charge in [0.25, 0.3) is 5.91 Å². The number of hydrogen-bond acceptors (Lipinski definition) is 5. The number of ether oxygens (including phenoxy) is 2. The number of nitrogens with two attached hydrogens (primary N) is 1. The molecule has 2 unspecified atom stereocenters. The van der Waals surface area contributed by atoms with Gasteiger partial charge in [0.2, 0.25) is 0 Å². The number of carbonyl (C=O) groups is 1. The standard InChI is InChI=1S/C29H28N4O3/c30-28(31)17-3-1-16(2-4-17)13-32-29(34)18-5-9-22-24(11-18)27-25-12-19(6-10-23(25)26(22)36-27)33-14-20-7-8-21(15-33)35-20/h1-6,9-12,20-21,26-27H,7-8,13-15H2,(H3,30,31)(H,32,34)/t20?,21?,26-,27+/m1/s1. The predicted molar refractivity (Wildman–Crippen MR) is 136 cm³/mol. The third-order valence-corrected chi connectivity index (χ3v) is 7.95. The second-order valence-corrected chi connectivity index (χ2v) is 10.2. The lowest BCUT2D eigenvalue weighted by Gasteiger charge is -2.34. The van der Waals surface area contributed by atoms with Crippen LogP contribution in [0.2, 0.25) is 0 Å². The summed E-state index contributed by atoms with van der Waals surface area (Å²) in [4.78, 5) is 15.4. The van der Waals surface area contributed by atoms with E-state index in [0.717, 1.165) is 42.6 Å². The number of nitrogens with zero attached hydrogens (tertiary/aromatic N) is 1. The SMILES string of the molecule is N=C(N)c1ccc(CNC(=O)c2ccc3c(c2)[C@@H]2O[C@H]3c3ccc(N4CC5CCC(C4)O5)cc32)cc1. The third-order valence-electron chi connectivity index (χ3n) is 7.95. The van der Waals surface area contributed by atoms with E-state index in [1.54, 1.807) is 12.1 Å². The van der Waals surface area contributed by atoms with Crippen molar-refractivity contribution in [3.8, 4) is 0 Å². The van der Waals surface area contributed by atoms with E-state index in [9.17, 15) is 4.79 Å². The summed E-state index contributed by atoms with van der Waals surface area (Å²) in [6, 6.07) is 20.0. The Kier molecular flexibility index (Phi) is 4.91. The highest BCUT2D eigenvalue weighted by Gasteiger charge is 2.43. The Labute approximate surface area is 209 Å². The molecule has 7 nitrogen and oxygen atoms in total. The molecule has 7 rings (SSSR count). The maximum atomic E-state index is 12.9. The van der Waals surface area contributed by atoms with Crippen LogP contribution in [0.3, 0.4) is 0 Å². The average Bonchev–Trinajstić information content (AvgIpc) is 3.58. The number of fused-ring (bicyclic) bond motifs is 10. The summed E-state index contributed by atoms with van der Waals surface area (Å²) < 4.78 is 12.4. The molecule has 2 fully saturated rings. The van der Waals surface area contributed by atoms with Gasteiger partial charge in [0, 0.05) is 36.4 Å². The first-order chi connectivity index (χ1) is 17.5. The number of nitrogen functional groups attached to an aromatic ring is 1. The van der Waals surface area contributed by atoms with E-state index in [-0.39, 0.29) is 24.0 Å². The summed E-state index contributed by atoms with van der Waals surface area (Å²) in [6.07, 6.45) is 2.80. The molecule has 3 aromatic carbocycles. The van der Waals surface area contributed by atoms with Gasteiger partial charge in [0.1, 0.15) is 18.0 Å². The van der Waals surface area contributed by atoms with Crippen LogP contribution in [0.4, 0.5) is 5.69 Å². The van der Waals surface area contributed by atoms with Crippen molar-refractivity contribution in [2.75, 3.05) is 18.0 Å². The molecule has 4 aliphatic heterocycles. The fourth-order valence-electron chi connectivity index (χ4n) is 6.08. The van der Waals surface area contributed by atoms with Gasteiger partial charge < -0.3 is 25.4 Å². The summed E-state index contributed by atoms with van der Waals surface area (Å²) in [6.45, 7) is 2.30. The predicted octanol–water partition coefficient (Wildman–Crippen LogP) is 3.79. The van der Waals surface area contributed by atoms with Gasteiger partial charge in [-0.15, -0.1) is 0 Å². The molecule has 4 bridgehead atoms. The molecule has 7 heteroatoms. The number of anilines is 1. The smallest absolute Gasteiger partial charge is 0.251 e. The molecule has 4 N–H and O–H groups in total. The quantitative estimate of drug-likeness (QED) is 0.381. The topological polar surface area (TPSA) is 101 Å². The van der Waals surface area contributed by atoms with E-state index in [0.29, 0.717) is 29.9 Å². The van der Waals surface area contributed by atoms with Gasteiger partial charge in [0.05, 0.1) is 12.2 Å². The van der Waals surface area contributed by atoms with Crippen molar-refractivity contribution in [1.29, 1.82) is 5.41 Å². The van der Waals surface area contributed by atoms with E-state index < -0.39 is 0 Å². The largest absolute Gasteiger partial charge is 0.384 e. The van der Waals surface area contributed by atoms with Crippen molar-refractivity contribution in [3.05, 3.63) is 99.6 Å². The normalized spacial score (nSPS) is 24.9. The summed E-state index contributed by atoms with van der Waals surface area (Å²) >= 11 is 0. The van der Waals surface area contributed by atoms with E-state index in [4.69, 9.17) is 20.6 Å². The zero-order chi connectivity index (χ0) is 24.4. The minimum absolute atomic E-state index is 0.0333. The van der Waals surface area contributed by atoms with Crippen LogP contribution in [0.25, 0.3) is 0 Å². The summed E-state index contributed by atoms with van der Waals surface area (Å²) in [5, 5.41) is 10.5. The minimum atomic E-state index is -0.135. The van der Waals surface area contributed by atoms with Crippen molar-refractivity contribution in [2.45, 2.75) is 43.8 Å². The molecule has 0 radical (unpaired) electrons. The number of benzene rings is 3. The van der Waals surface area contributed by atoms with E-state index in [2.05, 4.69) is 28.4 Å². The Morgan fingerprint density at radius 1 is 0.861 bits per heavy atom. The van der Waals surface area contributed by atoms with Crippen LogP contribution in [0, 0.1) is 5.41 Å². The van der Waals surface area contributed by atoms with Gasteiger partial charge >= 0.3 is 0 Å². The second-order valence-electron chi connectivity index (χ2n) is 10.2. The number of amidine groups is 1. The van der Waals surface area contributed by atoms with Crippen LogP contribution >= 0.6 is 0 Å². The monoisotopic (exact) mass is 480 g/mol. The van der Waals surface area contributed by atoms with Crippen molar-refractivity contribution < 1.29 is 14.3 Å². The fourth-order valence-corrected chi connectivity index (χ4v) is 6.08. The molecule has 0 aliphatic carbocycles. The number of nitrogens with one attached hydrogen (secondary N) is 2. The highest BCUT2D eigenvalue weighted by molar-refractivity contribution is 5.95. The molecule has 1 amide bonds. The first kappa shape index (κ1) is 21.6. The number of rotatable bonds is 5. The number of amides is 1.